The molecule has 0 unspecified atom stereocenters. The summed E-state index contributed by atoms with van der Waals surface area (Å²) in [5.74, 6) is -0.967. The molecular weight excluding hydrogens is 164 g/mol. The third-order valence-corrected chi connectivity index (χ3v) is 2.20. The number of nitrogens with one attached hydrogen (secondary N) is 1. The van der Waals surface area contributed by atoms with E-state index in [4.69, 9.17) is 5.11 Å². The van der Waals surface area contributed by atoms with Gasteiger partial charge in [0.2, 0.25) is 0 Å². The van der Waals surface area contributed by atoms with Crippen molar-refractivity contribution in [1.29, 1.82) is 0 Å². The lowest BCUT2D eigenvalue weighted by atomic mass is 10.3. The smallest absolute Gasteiger partial charge is 0.354 e. The van der Waals surface area contributed by atoms with Gasteiger partial charge in [-0.1, -0.05) is 0 Å². The third kappa shape index (κ3) is 0.813. The molecule has 0 atom stereocenters. The van der Waals surface area contributed by atoms with Crippen LogP contribution in [0.1, 0.15) is 10.5 Å². The number of carboxylic acids is 1. The number of aromatic carboxylic acids is 1. The summed E-state index contributed by atoms with van der Waals surface area (Å²) in [6.07, 6.45) is 0. The van der Waals surface area contributed by atoms with Crippen molar-refractivity contribution in [2.24, 2.45) is 0 Å². The first-order valence-electron chi connectivity index (χ1n) is 2.94. The van der Waals surface area contributed by atoms with Crippen LogP contribution in [0.25, 0.3) is 10.2 Å². The van der Waals surface area contributed by atoms with Crippen LogP contribution in [0.4, 0.5) is 0 Å². The topological polar surface area (TPSA) is 66.0 Å². The maximum absolute atomic E-state index is 10.5. The van der Waals surface area contributed by atoms with Gasteiger partial charge in [-0.25, -0.2) is 4.79 Å². The SMILES string of the molecule is O=C(O)c1[nH]nc2sccc12. The van der Waals surface area contributed by atoms with Crippen LogP contribution in [-0.4, -0.2) is 21.3 Å². The number of carboxylic acid groups (broad SMARTS) is 1. The summed E-state index contributed by atoms with van der Waals surface area (Å²) in [7, 11) is 0. The van der Waals surface area contributed by atoms with Gasteiger partial charge in [-0.2, -0.15) is 5.10 Å². The number of thiophene rings is 1. The molecule has 0 aliphatic rings. The van der Waals surface area contributed by atoms with E-state index in [-0.39, 0.29) is 5.69 Å². The number of hydrogen-bond donors (Lipinski definition) is 2. The molecule has 4 nitrogen and oxygen atoms in total. The molecule has 11 heavy (non-hydrogen) atoms. The summed E-state index contributed by atoms with van der Waals surface area (Å²) in [4.78, 5) is 11.2. The van der Waals surface area contributed by atoms with Crippen LogP contribution in [0.2, 0.25) is 0 Å². The number of carbonyl (C=O) groups is 1. The number of aromatic nitrogens is 2. The molecule has 2 heterocycles. The first-order valence-corrected chi connectivity index (χ1v) is 3.82. The summed E-state index contributed by atoms with van der Waals surface area (Å²) in [6, 6.07) is 1.74. The fourth-order valence-electron chi connectivity index (χ4n) is 0.908. The van der Waals surface area contributed by atoms with E-state index in [9.17, 15) is 4.79 Å². The van der Waals surface area contributed by atoms with Crippen molar-refractivity contribution in [3.05, 3.63) is 17.1 Å². The van der Waals surface area contributed by atoms with Crippen LogP contribution in [0.15, 0.2) is 11.4 Å². The molecule has 0 bridgehead atoms. The molecule has 2 aromatic rings. The van der Waals surface area contributed by atoms with Gasteiger partial charge in [0.1, 0.15) is 4.83 Å². The van der Waals surface area contributed by atoms with Gasteiger partial charge in [-0.05, 0) is 11.4 Å². The fourth-order valence-corrected chi connectivity index (χ4v) is 1.64. The van der Waals surface area contributed by atoms with E-state index in [0.29, 0.717) is 5.39 Å². The Labute approximate surface area is 65.5 Å². The van der Waals surface area contributed by atoms with Crippen LogP contribution < -0.4 is 0 Å². The van der Waals surface area contributed by atoms with Crippen molar-refractivity contribution < 1.29 is 9.90 Å². The van der Waals surface area contributed by atoms with Crippen molar-refractivity contribution >= 4 is 27.5 Å². The van der Waals surface area contributed by atoms with E-state index >= 15 is 0 Å². The summed E-state index contributed by atoms with van der Waals surface area (Å²) < 4.78 is 0. The molecule has 5 heteroatoms. The van der Waals surface area contributed by atoms with Gasteiger partial charge in [-0.15, -0.1) is 11.3 Å². The van der Waals surface area contributed by atoms with Gasteiger partial charge in [-0.3, -0.25) is 5.10 Å². The molecule has 0 aliphatic carbocycles. The van der Waals surface area contributed by atoms with Crippen LogP contribution in [-0.2, 0) is 0 Å². The van der Waals surface area contributed by atoms with E-state index in [1.54, 1.807) is 6.07 Å². The number of rotatable bonds is 1. The Hall–Kier alpha value is -1.36. The van der Waals surface area contributed by atoms with Gasteiger partial charge >= 0.3 is 5.97 Å². The second-order valence-electron chi connectivity index (χ2n) is 2.04. The predicted molar refractivity (Wildman–Crippen MR) is 40.9 cm³/mol. The Morgan fingerprint density at radius 1 is 1.73 bits per heavy atom. The van der Waals surface area contributed by atoms with Crippen LogP contribution in [0.5, 0.6) is 0 Å². The molecule has 0 fully saturated rings. The second kappa shape index (κ2) is 2.06. The lowest BCUT2D eigenvalue weighted by molar-refractivity contribution is 0.0692. The zero-order valence-electron chi connectivity index (χ0n) is 5.37. The van der Waals surface area contributed by atoms with E-state index in [2.05, 4.69) is 10.2 Å². The molecule has 2 aromatic heterocycles. The van der Waals surface area contributed by atoms with Gasteiger partial charge in [0.15, 0.2) is 5.69 Å². The standard InChI is InChI=1S/C6H4N2O2S/c9-6(10)4-3-1-2-11-5(3)8-7-4/h1-2H,(H,7,8)(H,9,10). The van der Waals surface area contributed by atoms with Crippen LogP contribution in [0, 0.1) is 0 Å². The molecule has 0 saturated heterocycles. The minimum Gasteiger partial charge on any atom is -0.477 e. The predicted octanol–water partition coefficient (Wildman–Crippen LogP) is 1.32. The summed E-state index contributed by atoms with van der Waals surface area (Å²) >= 11 is 1.42. The lowest BCUT2D eigenvalue weighted by Gasteiger charge is -1.83. The van der Waals surface area contributed by atoms with E-state index in [1.165, 1.54) is 11.3 Å². The first kappa shape index (κ1) is 6.36. The molecular formula is C6H4N2O2S. The van der Waals surface area contributed by atoms with Gasteiger partial charge in [0.25, 0.3) is 0 Å². The largest absolute Gasteiger partial charge is 0.477 e. The average molecular weight is 168 g/mol. The molecule has 0 amide bonds. The molecule has 0 radical (unpaired) electrons. The average Bonchev–Trinajstić information content (AvgIpc) is 2.41. The summed E-state index contributed by atoms with van der Waals surface area (Å²) in [5.41, 5.74) is 0.168. The van der Waals surface area contributed by atoms with Gasteiger partial charge in [0, 0.05) is 5.39 Å². The molecule has 0 aromatic carbocycles. The highest BCUT2D eigenvalue weighted by Crippen LogP contribution is 2.20. The Balaban J connectivity index is 2.78. The van der Waals surface area contributed by atoms with Crippen molar-refractivity contribution in [2.45, 2.75) is 0 Å². The molecule has 2 rings (SSSR count). The second-order valence-corrected chi connectivity index (χ2v) is 2.94. The quantitative estimate of drug-likeness (QED) is 0.674. The van der Waals surface area contributed by atoms with Crippen molar-refractivity contribution in [3.8, 4) is 0 Å². The lowest BCUT2D eigenvalue weighted by Crippen LogP contribution is -1.96. The summed E-state index contributed by atoms with van der Waals surface area (Å²) in [5, 5.41) is 17.4. The Kier molecular flexibility index (Phi) is 1.19. The van der Waals surface area contributed by atoms with Crippen LogP contribution >= 0.6 is 11.3 Å². The van der Waals surface area contributed by atoms with Gasteiger partial charge in [0.05, 0.1) is 0 Å². The number of aromatic amines is 1. The minimum absolute atomic E-state index is 0.168. The van der Waals surface area contributed by atoms with Gasteiger partial charge < -0.3 is 5.11 Å². The zero-order valence-corrected chi connectivity index (χ0v) is 6.18. The first-order chi connectivity index (χ1) is 5.29. The summed E-state index contributed by atoms with van der Waals surface area (Å²) in [6.45, 7) is 0. The Morgan fingerprint density at radius 3 is 3.27 bits per heavy atom. The Morgan fingerprint density at radius 2 is 2.55 bits per heavy atom. The van der Waals surface area contributed by atoms with E-state index in [0.717, 1.165) is 4.83 Å². The van der Waals surface area contributed by atoms with E-state index < -0.39 is 5.97 Å². The highest BCUT2D eigenvalue weighted by Gasteiger charge is 2.11. The zero-order chi connectivity index (χ0) is 7.84. The highest BCUT2D eigenvalue weighted by atomic mass is 32.1. The molecule has 0 spiro atoms. The number of nitrogens with zero attached hydrogens (tertiary/aromatic N) is 1. The number of H-pyrrole nitrogens is 1. The third-order valence-electron chi connectivity index (χ3n) is 1.40. The maximum Gasteiger partial charge on any atom is 0.354 e. The molecule has 2 N–H and O–H groups in total. The fraction of sp³-hybridized carbons (Fsp3) is 0. The van der Waals surface area contributed by atoms with Crippen molar-refractivity contribution in [1.82, 2.24) is 10.2 Å². The van der Waals surface area contributed by atoms with Crippen molar-refractivity contribution in [3.63, 3.8) is 0 Å². The number of hydrogen-bond acceptors (Lipinski definition) is 3. The molecule has 0 aliphatic heterocycles. The normalized spacial score (nSPS) is 10.5. The monoisotopic (exact) mass is 168 g/mol. The Bertz CT molecular complexity index is 403. The number of fused-ring (bicyclic) bond motifs is 1. The van der Waals surface area contributed by atoms with E-state index in [1.807, 2.05) is 5.38 Å². The van der Waals surface area contributed by atoms with Crippen LogP contribution in [0.3, 0.4) is 0 Å². The van der Waals surface area contributed by atoms with Crippen molar-refractivity contribution in [2.75, 3.05) is 0 Å². The molecule has 0 saturated carbocycles. The minimum atomic E-state index is -0.967. The molecule has 56 valence electrons. The highest BCUT2D eigenvalue weighted by molar-refractivity contribution is 7.16. The maximum atomic E-state index is 10.5.